The topological polar surface area (TPSA) is 64.9 Å². The highest BCUT2D eigenvalue weighted by Gasteiger charge is 2.10. The number of hydrogen-bond acceptors (Lipinski definition) is 5. The van der Waals surface area contributed by atoms with Crippen LogP contribution in [-0.4, -0.2) is 40.5 Å². The highest BCUT2D eigenvalue weighted by molar-refractivity contribution is 4.80. The van der Waals surface area contributed by atoms with Gasteiger partial charge < -0.3 is 10.1 Å². The molecule has 0 aliphatic heterocycles. The molecule has 0 unspecified atom stereocenters. The van der Waals surface area contributed by atoms with Crippen LogP contribution < -0.4 is 5.32 Å². The smallest absolute Gasteiger partial charge is 0.165 e. The zero-order chi connectivity index (χ0) is 12.5. The van der Waals surface area contributed by atoms with Crippen molar-refractivity contribution >= 4 is 0 Å². The molecule has 98 valence electrons. The molecule has 0 saturated carbocycles. The Bertz CT molecular complexity index is 298. The molecule has 1 rings (SSSR count). The minimum atomic E-state index is 0.649. The number of tetrazole rings is 1. The molecule has 0 radical (unpaired) electrons. The molecule has 6 nitrogen and oxygen atoms in total. The second-order valence-electron chi connectivity index (χ2n) is 4.13. The Hall–Kier alpha value is -1.01. The normalized spacial score (nSPS) is 11.3. The lowest BCUT2D eigenvalue weighted by Gasteiger charge is -2.12. The molecule has 1 aromatic heterocycles. The molecular formula is C11H23N5O. The molecule has 0 aliphatic rings. The van der Waals surface area contributed by atoms with Crippen LogP contribution in [0.5, 0.6) is 0 Å². The lowest BCUT2D eigenvalue weighted by molar-refractivity contribution is 0.198. The van der Waals surface area contributed by atoms with Crippen LogP contribution >= 0.6 is 0 Å². The average Bonchev–Trinajstić information content (AvgIpc) is 2.79. The maximum absolute atomic E-state index is 4.97. The van der Waals surface area contributed by atoms with Gasteiger partial charge in [-0.1, -0.05) is 26.7 Å². The number of nitrogens with zero attached hydrogens (tertiary/aromatic N) is 4. The molecule has 0 fully saturated rings. The number of hydrogen-bond donors (Lipinski definition) is 1. The van der Waals surface area contributed by atoms with Crippen molar-refractivity contribution in [1.29, 1.82) is 0 Å². The Morgan fingerprint density at radius 1 is 1.35 bits per heavy atom. The van der Waals surface area contributed by atoms with Crippen LogP contribution in [0, 0.1) is 5.92 Å². The lowest BCUT2D eigenvalue weighted by atomic mass is 10.0. The molecule has 0 saturated heterocycles. The molecule has 0 bridgehead atoms. The summed E-state index contributed by atoms with van der Waals surface area (Å²) >= 11 is 0. The minimum absolute atomic E-state index is 0.649. The number of nitrogens with one attached hydrogen (secondary N) is 1. The van der Waals surface area contributed by atoms with Gasteiger partial charge in [-0.25, -0.2) is 4.68 Å². The summed E-state index contributed by atoms with van der Waals surface area (Å²) in [6.45, 7) is 7.52. The van der Waals surface area contributed by atoms with Crippen molar-refractivity contribution in [2.24, 2.45) is 5.92 Å². The fourth-order valence-electron chi connectivity index (χ4n) is 1.66. The molecule has 0 spiro atoms. The van der Waals surface area contributed by atoms with E-state index in [1.165, 1.54) is 0 Å². The molecular weight excluding hydrogens is 218 g/mol. The van der Waals surface area contributed by atoms with E-state index in [2.05, 4.69) is 34.7 Å². The van der Waals surface area contributed by atoms with Crippen molar-refractivity contribution in [3.05, 3.63) is 5.82 Å². The van der Waals surface area contributed by atoms with Crippen molar-refractivity contribution in [2.45, 2.75) is 39.8 Å². The van der Waals surface area contributed by atoms with Gasteiger partial charge in [-0.3, -0.25) is 0 Å². The third-order valence-corrected chi connectivity index (χ3v) is 2.96. The second-order valence-corrected chi connectivity index (χ2v) is 4.13. The molecule has 1 aromatic rings. The van der Waals surface area contributed by atoms with E-state index in [9.17, 15) is 0 Å². The van der Waals surface area contributed by atoms with E-state index >= 15 is 0 Å². The van der Waals surface area contributed by atoms with Crippen molar-refractivity contribution in [1.82, 2.24) is 25.5 Å². The van der Waals surface area contributed by atoms with Gasteiger partial charge in [-0.2, -0.15) is 0 Å². The van der Waals surface area contributed by atoms with Crippen molar-refractivity contribution < 1.29 is 4.74 Å². The van der Waals surface area contributed by atoms with Crippen molar-refractivity contribution in [3.8, 4) is 0 Å². The maximum Gasteiger partial charge on any atom is 0.165 e. The first-order valence-corrected chi connectivity index (χ1v) is 6.26. The van der Waals surface area contributed by atoms with Gasteiger partial charge >= 0.3 is 0 Å². The molecule has 1 N–H and O–H groups in total. The second kappa shape index (κ2) is 8.14. The Morgan fingerprint density at radius 3 is 2.76 bits per heavy atom. The van der Waals surface area contributed by atoms with Gasteiger partial charge in [0.25, 0.3) is 0 Å². The third-order valence-electron chi connectivity index (χ3n) is 2.96. The van der Waals surface area contributed by atoms with E-state index in [0.29, 0.717) is 19.1 Å². The first-order valence-electron chi connectivity index (χ1n) is 6.26. The van der Waals surface area contributed by atoms with Gasteiger partial charge in [-0.15, -0.1) is 5.10 Å². The summed E-state index contributed by atoms with van der Waals surface area (Å²) in [7, 11) is 1.69. The van der Waals surface area contributed by atoms with E-state index in [4.69, 9.17) is 4.74 Å². The fourth-order valence-corrected chi connectivity index (χ4v) is 1.66. The first kappa shape index (κ1) is 14.1. The number of aromatic nitrogens is 4. The van der Waals surface area contributed by atoms with Gasteiger partial charge in [0.2, 0.25) is 0 Å². The summed E-state index contributed by atoms with van der Waals surface area (Å²) in [4.78, 5) is 0. The Labute approximate surface area is 103 Å². The summed E-state index contributed by atoms with van der Waals surface area (Å²) in [6, 6.07) is 0. The molecule has 0 aromatic carbocycles. The summed E-state index contributed by atoms with van der Waals surface area (Å²) in [5.41, 5.74) is 0. The predicted octanol–water partition coefficient (Wildman–Crippen LogP) is 0.845. The zero-order valence-corrected chi connectivity index (χ0v) is 11.0. The van der Waals surface area contributed by atoms with E-state index in [0.717, 1.165) is 31.8 Å². The number of rotatable bonds is 9. The van der Waals surface area contributed by atoms with Crippen LogP contribution in [0.2, 0.25) is 0 Å². The SMILES string of the molecule is CCC(CC)Cn1nnnc1CNCCOC. The molecule has 6 heteroatoms. The number of ether oxygens (including phenoxy) is 1. The molecule has 0 atom stereocenters. The molecule has 1 heterocycles. The highest BCUT2D eigenvalue weighted by atomic mass is 16.5. The van der Waals surface area contributed by atoms with Crippen LogP contribution in [0.3, 0.4) is 0 Å². The van der Waals surface area contributed by atoms with Crippen LogP contribution in [0.15, 0.2) is 0 Å². The van der Waals surface area contributed by atoms with Gasteiger partial charge in [0.05, 0.1) is 13.2 Å². The monoisotopic (exact) mass is 241 g/mol. The average molecular weight is 241 g/mol. The standard InChI is InChI=1S/C11H23N5O/c1-4-10(5-2)9-16-11(13-14-15-16)8-12-6-7-17-3/h10,12H,4-9H2,1-3H3. The van der Waals surface area contributed by atoms with E-state index in [1.807, 2.05) is 4.68 Å². The van der Waals surface area contributed by atoms with Crippen LogP contribution in [0.4, 0.5) is 0 Å². The fraction of sp³-hybridized carbons (Fsp3) is 0.909. The van der Waals surface area contributed by atoms with Crippen LogP contribution in [-0.2, 0) is 17.8 Å². The van der Waals surface area contributed by atoms with E-state index < -0.39 is 0 Å². The summed E-state index contributed by atoms with van der Waals surface area (Å²) in [6.07, 6.45) is 2.32. The summed E-state index contributed by atoms with van der Waals surface area (Å²) < 4.78 is 6.87. The molecule has 0 aliphatic carbocycles. The van der Waals surface area contributed by atoms with Crippen LogP contribution in [0.1, 0.15) is 32.5 Å². The first-order chi connectivity index (χ1) is 8.31. The van der Waals surface area contributed by atoms with Crippen molar-refractivity contribution in [3.63, 3.8) is 0 Å². The minimum Gasteiger partial charge on any atom is -0.383 e. The Morgan fingerprint density at radius 2 is 2.12 bits per heavy atom. The lowest BCUT2D eigenvalue weighted by Crippen LogP contribution is -2.22. The van der Waals surface area contributed by atoms with E-state index in [-0.39, 0.29) is 0 Å². The van der Waals surface area contributed by atoms with Crippen LogP contribution in [0.25, 0.3) is 0 Å². The Kier molecular flexibility index (Phi) is 6.73. The summed E-state index contributed by atoms with van der Waals surface area (Å²) in [5.74, 6) is 1.55. The molecule has 17 heavy (non-hydrogen) atoms. The summed E-state index contributed by atoms with van der Waals surface area (Å²) in [5, 5.41) is 15.1. The Balaban J connectivity index is 2.42. The van der Waals surface area contributed by atoms with Gasteiger partial charge in [0, 0.05) is 20.2 Å². The van der Waals surface area contributed by atoms with Gasteiger partial charge in [0.15, 0.2) is 5.82 Å². The highest BCUT2D eigenvalue weighted by Crippen LogP contribution is 2.10. The quantitative estimate of drug-likeness (QED) is 0.649. The maximum atomic E-state index is 4.97. The number of methoxy groups -OCH3 is 1. The van der Waals surface area contributed by atoms with Crippen molar-refractivity contribution in [2.75, 3.05) is 20.3 Å². The van der Waals surface area contributed by atoms with Gasteiger partial charge in [-0.05, 0) is 16.3 Å². The predicted molar refractivity (Wildman–Crippen MR) is 65.5 cm³/mol. The molecule has 0 amide bonds. The largest absolute Gasteiger partial charge is 0.383 e. The van der Waals surface area contributed by atoms with Gasteiger partial charge in [0.1, 0.15) is 0 Å². The third kappa shape index (κ3) is 4.79. The van der Waals surface area contributed by atoms with E-state index in [1.54, 1.807) is 7.11 Å². The zero-order valence-electron chi connectivity index (χ0n) is 11.0.